The molecule has 0 aliphatic heterocycles. The number of aryl methyl sites for hydroxylation is 1. The van der Waals surface area contributed by atoms with Crippen LogP contribution in [0.25, 0.3) is 0 Å². The van der Waals surface area contributed by atoms with Crippen LogP contribution in [0.3, 0.4) is 0 Å². The van der Waals surface area contributed by atoms with E-state index >= 15 is 0 Å². The zero-order valence-electron chi connectivity index (χ0n) is 11.5. The summed E-state index contributed by atoms with van der Waals surface area (Å²) in [7, 11) is 1.92. The smallest absolute Gasteiger partial charge is 0.190 e. The van der Waals surface area contributed by atoms with Gasteiger partial charge in [-0.25, -0.2) is 0 Å². The Labute approximate surface area is 113 Å². The molecule has 5 nitrogen and oxygen atoms in total. The van der Waals surface area contributed by atoms with Crippen molar-refractivity contribution < 1.29 is 0 Å². The van der Waals surface area contributed by atoms with Crippen LogP contribution >= 0.6 is 11.8 Å². The van der Waals surface area contributed by atoms with E-state index in [0.717, 1.165) is 24.5 Å². The van der Waals surface area contributed by atoms with Gasteiger partial charge >= 0.3 is 0 Å². The third kappa shape index (κ3) is 4.31. The van der Waals surface area contributed by atoms with Crippen LogP contribution in [0.1, 0.15) is 33.6 Å². The van der Waals surface area contributed by atoms with Gasteiger partial charge in [0, 0.05) is 12.3 Å². The number of hydrogen-bond donors (Lipinski definition) is 1. The van der Waals surface area contributed by atoms with E-state index in [2.05, 4.69) is 35.4 Å². The number of nitrogens with zero attached hydrogens (tertiary/aromatic N) is 4. The molecular weight excluding hydrogens is 246 g/mol. The first kappa shape index (κ1) is 15.0. The molecule has 0 bridgehead atoms. The Kier molecular flexibility index (Phi) is 5.63. The molecule has 1 rings (SSSR count). The SMILES string of the molecule is CCCNC(C)(C#N)CC(C)Sc1nncn1C. The zero-order valence-corrected chi connectivity index (χ0v) is 12.3. The minimum atomic E-state index is -0.471. The fourth-order valence-corrected chi connectivity index (χ4v) is 2.82. The number of hydrogen-bond acceptors (Lipinski definition) is 5. The van der Waals surface area contributed by atoms with Gasteiger partial charge in [-0.1, -0.05) is 25.6 Å². The van der Waals surface area contributed by atoms with Crippen molar-refractivity contribution in [3.8, 4) is 6.07 Å². The predicted octanol–water partition coefficient (Wildman–Crippen LogP) is 1.97. The van der Waals surface area contributed by atoms with Crippen molar-refractivity contribution in [2.24, 2.45) is 7.05 Å². The number of thioether (sulfide) groups is 1. The molecule has 1 heterocycles. The highest BCUT2D eigenvalue weighted by Gasteiger charge is 2.26. The van der Waals surface area contributed by atoms with Crippen LogP contribution in [0, 0.1) is 11.3 Å². The van der Waals surface area contributed by atoms with Gasteiger partial charge in [0.1, 0.15) is 11.9 Å². The predicted molar refractivity (Wildman–Crippen MR) is 73.3 cm³/mol. The summed E-state index contributed by atoms with van der Waals surface area (Å²) in [5, 5.41) is 21.7. The second kappa shape index (κ2) is 6.76. The first-order chi connectivity index (χ1) is 8.50. The molecular formula is C12H21N5S. The Hall–Kier alpha value is -1.06. The highest BCUT2D eigenvalue weighted by molar-refractivity contribution is 7.99. The highest BCUT2D eigenvalue weighted by Crippen LogP contribution is 2.26. The number of aromatic nitrogens is 3. The van der Waals surface area contributed by atoms with Crippen LogP contribution in [0.2, 0.25) is 0 Å². The summed E-state index contributed by atoms with van der Waals surface area (Å²) in [6, 6.07) is 2.37. The standard InChI is InChI=1S/C12H21N5S/c1-5-6-14-12(3,8-13)7-10(2)18-11-16-15-9-17(11)4/h9-10,14H,5-7H2,1-4H3. The average molecular weight is 267 g/mol. The Balaban J connectivity index is 2.55. The molecule has 0 fully saturated rings. The molecule has 0 saturated carbocycles. The maximum atomic E-state index is 9.29. The molecule has 0 radical (unpaired) electrons. The molecule has 0 aromatic carbocycles. The van der Waals surface area contributed by atoms with Gasteiger partial charge in [0.25, 0.3) is 0 Å². The lowest BCUT2D eigenvalue weighted by Gasteiger charge is -2.26. The van der Waals surface area contributed by atoms with E-state index in [4.69, 9.17) is 0 Å². The van der Waals surface area contributed by atoms with E-state index in [1.165, 1.54) is 0 Å². The third-order valence-corrected chi connectivity index (χ3v) is 3.83. The summed E-state index contributed by atoms with van der Waals surface area (Å²) >= 11 is 1.65. The molecule has 18 heavy (non-hydrogen) atoms. The lowest BCUT2D eigenvalue weighted by atomic mass is 9.98. The second-order valence-corrected chi connectivity index (χ2v) is 6.13. The molecule has 1 N–H and O–H groups in total. The van der Waals surface area contributed by atoms with Crippen LogP contribution < -0.4 is 5.32 Å². The van der Waals surface area contributed by atoms with Gasteiger partial charge in [0.15, 0.2) is 5.16 Å². The molecule has 6 heteroatoms. The van der Waals surface area contributed by atoms with Gasteiger partial charge < -0.3 is 4.57 Å². The Bertz CT molecular complexity index is 411. The van der Waals surface area contributed by atoms with Crippen molar-refractivity contribution in [2.75, 3.05) is 6.54 Å². The molecule has 0 spiro atoms. The van der Waals surface area contributed by atoms with Crippen molar-refractivity contribution >= 4 is 11.8 Å². The van der Waals surface area contributed by atoms with E-state index in [0.29, 0.717) is 5.25 Å². The molecule has 1 aromatic rings. The molecule has 100 valence electrons. The van der Waals surface area contributed by atoms with Gasteiger partial charge in [-0.05, 0) is 26.3 Å². The van der Waals surface area contributed by atoms with Crippen molar-refractivity contribution in [3.05, 3.63) is 6.33 Å². The largest absolute Gasteiger partial charge is 0.312 e. The van der Waals surface area contributed by atoms with Crippen LogP contribution in [-0.2, 0) is 7.05 Å². The summed E-state index contributed by atoms with van der Waals surface area (Å²) in [6.07, 6.45) is 3.50. The summed E-state index contributed by atoms with van der Waals surface area (Å²) in [5.41, 5.74) is -0.471. The minimum absolute atomic E-state index is 0.307. The van der Waals surface area contributed by atoms with Crippen molar-refractivity contribution in [3.63, 3.8) is 0 Å². The normalized spacial score (nSPS) is 15.9. The van der Waals surface area contributed by atoms with Gasteiger partial charge in [0.05, 0.1) is 6.07 Å². The monoisotopic (exact) mass is 267 g/mol. The Morgan fingerprint density at radius 3 is 2.89 bits per heavy atom. The van der Waals surface area contributed by atoms with Crippen molar-refractivity contribution in [1.29, 1.82) is 5.26 Å². The third-order valence-electron chi connectivity index (χ3n) is 2.68. The number of nitriles is 1. The van der Waals surface area contributed by atoms with E-state index in [-0.39, 0.29) is 0 Å². The van der Waals surface area contributed by atoms with E-state index < -0.39 is 5.54 Å². The Morgan fingerprint density at radius 1 is 1.67 bits per heavy atom. The fourth-order valence-electron chi connectivity index (χ4n) is 1.73. The zero-order chi connectivity index (χ0) is 13.6. The van der Waals surface area contributed by atoms with Crippen LogP contribution in [0.4, 0.5) is 0 Å². The van der Waals surface area contributed by atoms with Gasteiger partial charge in [-0.2, -0.15) is 5.26 Å². The highest BCUT2D eigenvalue weighted by atomic mass is 32.2. The number of rotatable bonds is 7. The number of nitrogens with one attached hydrogen (secondary N) is 1. The van der Waals surface area contributed by atoms with Crippen molar-refractivity contribution in [2.45, 2.75) is 49.6 Å². The topological polar surface area (TPSA) is 66.5 Å². The lowest BCUT2D eigenvalue weighted by Crippen LogP contribution is -2.43. The van der Waals surface area contributed by atoms with Crippen LogP contribution in [0.15, 0.2) is 11.5 Å². The van der Waals surface area contributed by atoms with E-state index in [1.54, 1.807) is 18.1 Å². The van der Waals surface area contributed by atoms with Crippen LogP contribution in [0.5, 0.6) is 0 Å². The van der Waals surface area contributed by atoms with Gasteiger partial charge in [0.2, 0.25) is 0 Å². The van der Waals surface area contributed by atoms with Crippen LogP contribution in [-0.4, -0.2) is 32.1 Å². The Morgan fingerprint density at radius 2 is 2.39 bits per heavy atom. The maximum absolute atomic E-state index is 9.29. The molecule has 0 saturated heterocycles. The molecule has 2 atom stereocenters. The molecule has 2 unspecified atom stereocenters. The summed E-state index contributed by atoms with van der Waals surface area (Å²) < 4.78 is 1.89. The van der Waals surface area contributed by atoms with E-state index in [1.807, 2.05) is 18.5 Å². The lowest BCUT2D eigenvalue weighted by molar-refractivity contribution is 0.418. The second-order valence-electron chi connectivity index (χ2n) is 4.73. The summed E-state index contributed by atoms with van der Waals surface area (Å²) in [6.45, 7) is 7.03. The van der Waals surface area contributed by atoms with E-state index in [9.17, 15) is 5.26 Å². The quantitative estimate of drug-likeness (QED) is 0.765. The molecule has 0 amide bonds. The maximum Gasteiger partial charge on any atom is 0.190 e. The fraction of sp³-hybridized carbons (Fsp3) is 0.750. The summed E-state index contributed by atoms with van der Waals surface area (Å²) in [4.78, 5) is 0. The first-order valence-electron chi connectivity index (χ1n) is 6.17. The minimum Gasteiger partial charge on any atom is -0.312 e. The van der Waals surface area contributed by atoms with Gasteiger partial charge in [-0.3, -0.25) is 5.32 Å². The van der Waals surface area contributed by atoms with Crippen molar-refractivity contribution in [1.82, 2.24) is 20.1 Å². The molecule has 1 aromatic heterocycles. The first-order valence-corrected chi connectivity index (χ1v) is 7.05. The molecule has 0 aliphatic rings. The molecule has 0 aliphatic carbocycles. The average Bonchev–Trinajstić information content (AvgIpc) is 2.72. The van der Waals surface area contributed by atoms with Gasteiger partial charge in [-0.15, -0.1) is 10.2 Å². The summed E-state index contributed by atoms with van der Waals surface area (Å²) in [5.74, 6) is 0.